The van der Waals surface area contributed by atoms with E-state index in [9.17, 15) is 20.0 Å². The Morgan fingerprint density at radius 1 is 1.19 bits per heavy atom. The Balaban J connectivity index is 0. The van der Waals surface area contributed by atoms with E-state index >= 15 is 0 Å². The molecule has 0 aromatic heterocycles. The number of carboxylic acid groups (broad SMARTS) is 1. The molecular weight excluding hydrogens is 357 g/mol. The summed E-state index contributed by atoms with van der Waals surface area (Å²) in [5, 5.41) is 30.5. The maximum atomic E-state index is 11.9. The summed E-state index contributed by atoms with van der Waals surface area (Å²) in [7, 11) is 0. The molecule has 0 bridgehead atoms. The van der Waals surface area contributed by atoms with E-state index in [1.807, 2.05) is 6.07 Å². The van der Waals surface area contributed by atoms with Crippen LogP contribution in [0.1, 0.15) is 72.1 Å². The Kier molecular flexibility index (Phi) is 15.0. The standard InChI is InChI=1S/C18H29N5O3.Na/c1-5-6-7-8-13-21-15(24)9-11-17(2,14-19)22-23-18(3,20-4)12-10-16(25)26;/h5-13H2,1-3H3,(H,21,24)(H,25,26);/q;+1/p-1. The maximum Gasteiger partial charge on any atom is 1.00 e. The fraction of sp³-hybridized carbons (Fsp3) is 0.778. The molecule has 1 amide bonds. The number of nitrogens with one attached hydrogen (secondary N) is 1. The zero-order valence-corrected chi connectivity index (χ0v) is 18.9. The Morgan fingerprint density at radius 2 is 1.85 bits per heavy atom. The Morgan fingerprint density at radius 3 is 2.37 bits per heavy atom. The molecule has 144 valence electrons. The van der Waals surface area contributed by atoms with Crippen molar-refractivity contribution in [1.29, 1.82) is 5.26 Å². The third-order valence-electron chi connectivity index (χ3n) is 3.96. The van der Waals surface area contributed by atoms with Gasteiger partial charge in [-0.2, -0.15) is 10.4 Å². The molecule has 0 aromatic rings. The molecule has 27 heavy (non-hydrogen) atoms. The molecule has 1 N–H and O–H groups in total. The second kappa shape index (κ2) is 14.6. The van der Waals surface area contributed by atoms with Crippen LogP contribution >= 0.6 is 0 Å². The van der Waals surface area contributed by atoms with Gasteiger partial charge in [0, 0.05) is 25.9 Å². The zero-order valence-electron chi connectivity index (χ0n) is 16.9. The van der Waals surface area contributed by atoms with Crippen LogP contribution in [0.2, 0.25) is 0 Å². The van der Waals surface area contributed by atoms with E-state index in [-0.39, 0.29) is 61.1 Å². The molecule has 0 aliphatic rings. The Hall–Kier alpha value is -1.48. The van der Waals surface area contributed by atoms with Crippen molar-refractivity contribution in [3.63, 3.8) is 0 Å². The van der Waals surface area contributed by atoms with Crippen LogP contribution < -0.4 is 40.0 Å². The summed E-state index contributed by atoms with van der Waals surface area (Å²) in [4.78, 5) is 25.7. The number of nitrogens with zero attached hydrogens (tertiary/aromatic N) is 4. The van der Waals surface area contributed by atoms with Gasteiger partial charge in [0.2, 0.25) is 5.91 Å². The van der Waals surface area contributed by atoms with Crippen molar-refractivity contribution in [2.45, 2.75) is 83.3 Å². The first-order valence-electron chi connectivity index (χ1n) is 8.91. The van der Waals surface area contributed by atoms with Crippen molar-refractivity contribution >= 4 is 11.9 Å². The molecular formula is C18H28N5NaO3. The van der Waals surface area contributed by atoms with Gasteiger partial charge in [-0.25, -0.2) is 6.57 Å². The molecule has 2 atom stereocenters. The number of hydrogen-bond acceptors (Lipinski definition) is 6. The fourth-order valence-corrected chi connectivity index (χ4v) is 2.04. The Bertz CT molecular complexity index is 585. The van der Waals surface area contributed by atoms with E-state index in [4.69, 9.17) is 6.57 Å². The first-order chi connectivity index (χ1) is 12.2. The van der Waals surface area contributed by atoms with Crippen molar-refractivity contribution in [2.75, 3.05) is 6.54 Å². The molecule has 0 saturated carbocycles. The zero-order chi connectivity index (χ0) is 20.1. The fourth-order valence-electron chi connectivity index (χ4n) is 2.04. The van der Waals surface area contributed by atoms with Crippen molar-refractivity contribution in [1.82, 2.24) is 5.32 Å². The molecule has 0 spiro atoms. The van der Waals surface area contributed by atoms with E-state index in [0.29, 0.717) is 6.54 Å². The largest absolute Gasteiger partial charge is 1.00 e. The van der Waals surface area contributed by atoms with Gasteiger partial charge in [0.15, 0.2) is 5.54 Å². The molecule has 9 heteroatoms. The molecule has 0 aliphatic heterocycles. The number of nitriles is 1. The molecule has 0 radical (unpaired) electrons. The van der Waals surface area contributed by atoms with Crippen LogP contribution in [0.5, 0.6) is 0 Å². The maximum absolute atomic E-state index is 11.9. The van der Waals surface area contributed by atoms with Crippen LogP contribution in [0.15, 0.2) is 10.2 Å². The Labute approximate surface area is 183 Å². The van der Waals surface area contributed by atoms with Gasteiger partial charge in [-0.05, 0) is 26.2 Å². The van der Waals surface area contributed by atoms with E-state index in [2.05, 4.69) is 27.3 Å². The number of rotatable bonds is 13. The van der Waals surface area contributed by atoms with Crippen LogP contribution in [0.25, 0.3) is 4.85 Å². The summed E-state index contributed by atoms with van der Waals surface area (Å²) in [5.74, 6) is -1.42. The number of unbranched alkanes of at least 4 members (excludes halogenated alkanes) is 3. The molecule has 0 fully saturated rings. The molecule has 0 aromatic carbocycles. The van der Waals surface area contributed by atoms with Gasteiger partial charge in [0.25, 0.3) is 0 Å². The number of azo groups is 1. The smallest absolute Gasteiger partial charge is 0.550 e. The third kappa shape index (κ3) is 13.4. The quantitative estimate of drug-likeness (QED) is 0.196. The van der Waals surface area contributed by atoms with Crippen LogP contribution in [0, 0.1) is 17.9 Å². The summed E-state index contributed by atoms with van der Waals surface area (Å²) in [6, 6.07) is 2.01. The third-order valence-corrected chi connectivity index (χ3v) is 3.96. The van der Waals surface area contributed by atoms with Gasteiger partial charge in [0.1, 0.15) is 0 Å². The van der Waals surface area contributed by atoms with E-state index in [1.54, 1.807) is 0 Å². The van der Waals surface area contributed by atoms with Crippen molar-refractivity contribution in [3.8, 4) is 6.07 Å². The number of carboxylic acids is 1. The van der Waals surface area contributed by atoms with Crippen LogP contribution in [0.4, 0.5) is 0 Å². The first kappa shape index (κ1) is 27.7. The normalized spacial score (nSPS) is 14.9. The number of aliphatic carboxylic acids is 1. The number of hydrogen-bond donors (Lipinski definition) is 1. The number of amides is 1. The van der Waals surface area contributed by atoms with Gasteiger partial charge in [-0.1, -0.05) is 26.2 Å². The van der Waals surface area contributed by atoms with Gasteiger partial charge >= 0.3 is 35.2 Å². The summed E-state index contributed by atoms with van der Waals surface area (Å²) in [6.07, 6.45) is 4.20. The topological polar surface area (TPSA) is 122 Å². The summed E-state index contributed by atoms with van der Waals surface area (Å²) in [6.45, 7) is 12.9. The van der Waals surface area contributed by atoms with Gasteiger partial charge in [-0.3, -0.25) is 9.64 Å². The molecule has 0 rings (SSSR count). The average Bonchev–Trinajstić information content (AvgIpc) is 2.63. The molecule has 0 heterocycles. The molecule has 2 unspecified atom stereocenters. The van der Waals surface area contributed by atoms with Crippen molar-refractivity contribution in [3.05, 3.63) is 11.4 Å². The molecule has 0 saturated heterocycles. The minimum absolute atomic E-state index is 0. The van der Waals surface area contributed by atoms with Gasteiger partial charge in [0.05, 0.1) is 12.5 Å². The first-order valence-corrected chi connectivity index (χ1v) is 8.91. The van der Waals surface area contributed by atoms with Gasteiger partial charge in [-0.15, -0.1) is 5.11 Å². The van der Waals surface area contributed by atoms with Crippen LogP contribution in [-0.4, -0.2) is 29.6 Å². The number of carbonyl (C=O) groups is 2. The summed E-state index contributed by atoms with van der Waals surface area (Å²) < 4.78 is 0. The summed E-state index contributed by atoms with van der Waals surface area (Å²) >= 11 is 0. The summed E-state index contributed by atoms with van der Waals surface area (Å²) in [5.41, 5.74) is -2.60. The van der Waals surface area contributed by atoms with Crippen molar-refractivity contribution < 1.29 is 44.3 Å². The van der Waals surface area contributed by atoms with Crippen molar-refractivity contribution in [2.24, 2.45) is 10.2 Å². The monoisotopic (exact) mass is 385 g/mol. The predicted octanol–water partition coefficient (Wildman–Crippen LogP) is -0.633. The van der Waals surface area contributed by atoms with E-state index in [1.165, 1.54) is 13.8 Å². The van der Waals surface area contributed by atoms with Crippen LogP contribution in [0.3, 0.4) is 0 Å². The number of carbonyl (C=O) groups excluding carboxylic acids is 2. The second-order valence-corrected chi connectivity index (χ2v) is 6.70. The minimum Gasteiger partial charge on any atom is -0.550 e. The van der Waals surface area contributed by atoms with E-state index < -0.39 is 17.2 Å². The minimum atomic E-state index is -1.36. The molecule has 0 aliphatic carbocycles. The van der Waals surface area contributed by atoms with Gasteiger partial charge < -0.3 is 15.2 Å². The SMILES string of the molecule is [C-]#[N+]C(C)(CCC(=O)[O-])N=NC(C)(C#N)CCC(=O)NCCCCCC.[Na+]. The second-order valence-electron chi connectivity index (χ2n) is 6.70. The predicted molar refractivity (Wildman–Crippen MR) is 94.5 cm³/mol. The average molecular weight is 385 g/mol. The van der Waals surface area contributed by atoms with Crippen LogP contribution in [-0.2, 0) is 9.59 Å². The molecule has 8 nitrogen and oxygen atoms in total. The van der Waals surface area contributed by atoms with E-state index in [0.717, 1.165) is 25.7 Å².